The van der Waals surface area contributed by atoms with E-state index in [0.717, 1.165) is 51.5 Å². The first-order valence-electron chi connectivity index (χ1n) is 15.4. The number of hydrogen-bond donors (Lipinski definition) is 1. The lowest BCUT2D eigenvalue weighted by Crippen LogP contribution is -2.42. The Kier molecular flexibility index (Phi) is 9.73. The minimum atomic E-state index is -0.632. The van der Waals surface area contributed by atoms with Crippen molar-refractivity contribution >= 4 is 5.97 Å². The van der Waals surface area contributed by atoms with Crippen LogP contribution in [-0.4, -0.2) is 59.6 Å². The topological polar surface area (TPSA) is 43.8 Å². The normalized spacial score (nSPS) is 24.4. The molecule has 2 aromatic carbocycles. The molecule has 1 N–H and O–H groups in total. The number of aryl methyl sites for hydroxylation is 2. The first-order valence-corrected chi connectivity index (χ1v) is 15.4. The van der Waals surface area contributed by atoms with E-state index in [1.807, 2.05) is 12.1 Å². The van der Waals surface area contributed by atoms with E-state index in [4.69, 9.17) is 0 Å². The number of piperidine rings is 1. The van der Waals surface area contributed by atoms with Crippen molar-refractivity contribution in [2.45, 2.75) is 83.1 Å². The zero-order valence-corrected chi connectivity index (χ0v) is 23.7. The highest BCUT2D eigenvalue weighted by atomic mass is 19.1. The number of carboxylic acids is 1. The highest BCUT2D eigenvalue weighted by molar-refractivity contribution is 5.73. The molecule has 0 spiro atoms. The van der Waals surface area contributed by atoms with Gasteiger partial charge in [0.1, 0.15) is 11.9 Å². The third-order valence-corrected chi connectivity index (χ3v) is 9.89. The Balaban J connectivity index is 1.17. The summed E-state index contributed by atoms with van der Waals surface area (Å²) in [6.07, 6.45) is 11.7. The Morgan fingerprint density at radius 2 is 1.74 bits per heavy atom. The highest BCUT2D eigenvalue weighted by Crippen LogP contribution is 2.38. The van der Waals surface area contributed by atoms with E-state index in [1.54, 1.807) is 12.1 Å². The van der Waals surface area contributed by atoms with E-state index in [-0.39, 0.29) is 11.9 Å². The second kappa shape index (κ2) is 13.4. The molecular weight excluding hydrogens is 487 g/mol. The van der Waals surface area contributed by atoms with E-state index in [0.29, 0.717) is 17.8 Å². The Labute approximate surface area is 234 Å². The number of aliphatic carboxylic acids is 1. The zero-order valence-electron chi connectivity index (χ0n) is 23.7. The maximum Gasteiger partial charge on any atom is 0.320 e. The quantitative estimate of drug-likeness (QED) is 0.340. The smallest absolute Gasteiger partial charge is 0.320 e. The monoisotopic (exact) mass is 534 g/mol. The van der Waals surface area contributed by atoms with Crippen molar-refractivity contribution in [3.8, 4) is 0 Å². The van der Waals surface area contributed by atoms with Gasteiger partial charge in [-0.15, -0.1) is 0 Å². The molecule has 5 rings (SSSR count). The molecule has 0 unspecified atom stereocenters. The van der Waals surface area contributed by atoms with Gasteiger partial charge in [-0.3, -0.25) is 9.69 Å². The molecule has 0 radical (unpaired) electrons. The number of benzene rings is 2. The van der Waals surface area contributed by atoms with Gasteiger partial charge in [-0.2, -0.15) is 0 Å². The van der Waals surface area contributed by atoms with Crippen LogP contribution in [0.2, 0.25) is 0 Å². The van der Waals surface area contributed by atoms with Gasteiger partial charge in [-0.1, -0.05) is 74.1 Å². The lowest BCUT2D eigenvalue weighted by molar-refractivity contribution is -0.143. The number of likely N-dealkylation sites (tertiary alicyclic amines) is 2. The summed E-state index contributed by atoms with van der Waals surface area (Å²) in [7, 11) is 0. The number of halogens is 1. The van der Waals surface area contributed by atoms with E-state index < -0.39 is 5.97 Å². The Hall–Kier alpha value is -2.24. The van der Waals surface area contributed by atoms with Crippen LogP contribution in [0.25, 0.3) is 0 Å². The van der Waals surface area contributed by atoms with Gasteiger partial charge in [-0.05, 0) is 93.1 Å². The summed E-state index contributed by atoms with van der Waals surface area (Å²) in [6.45, 7) is 7.25. The van der Waals surface area contributed by atoms with Crippen LogP contribution in [-0.2, 0) is 11.2 Å². The standard InChI is InChI=1S/C34H47FN2O2/c1-25-6-4-11-29(20-25)32-24-37(33(34(38)39)21-28-7-2-3-8-28)23-30(32)22-36-18-16-27(17-19-36)10-5-9-26-12-14-31(35)15-13-26/h4,6,11-15,20,27-28,30,32-33H,2-3,5,7-10,16-19,21-24H2,1H3,(H,38,39)/t30-,32+,33+/m0/s1. The fraction of sp³-hybridized carbons (Fsp3) is 0.618. The molecule has 4 nitrogen and oxygen atoms in total. The fourth-order valence-electron chi connectivity index (χ4n) is 7.63. The van der Waals surface area contributed by atoms with E-state index in [9.17, 15) is 14.3 Å². The van der Waals surface area contributed by atoms with Crippen molar-refractivity contribution < 1.29 is 14.3 Å². The lowest BCUT2D eigenvalue weighted by Gasteiger charge is -2.35. The summed E-state index contributed by atoms with van der Waals surface area (Å²) in [5.74, 6) is 1.42. The molecule has 2 heterocycles. The second-order valence-corrected chi connectivity index (χ2v) is 12.7. The van der Waals surface area contributed by atoms with Crippen LogP contribution in [0.4, 0.5) is 4.39 Å². The van der Waals surface area contributed by atoms with Gasteiger partial charge in [0.25, 0.3) is 0 Å². The SMILES string of the molecule is Cc1cccc([C@H]2CN([C@H](CC3CCCC3)C(=O)O)C[C@@H]2CN2CCC(CCCc3ccc(F)cc3)CC2)c1. The first kappa shape index (κ1) is 28.3. The van der Waals surface area contributed by atoms with Crippen LogP contribution in [0.15, 0.2) is 48.5 Å². The molecule has 39 heavy (non-hydrogen) atoms. The maximum atomic E-state index is 13.2. The minimum Gasteiger partial charge on any atom is -0.480 e. The van der Waals surface area contributed by atoms with Gasteiger partial charge in [0.15, 0.2) is 0 Å². The van der Waals surface area contributed by atoms with Gasteiger partial charge in [0.2, 0.25) is 0 Å². The third kappa shape index (κ3) is 7.70. The number of carboxylic acid groups (broad SMARTS) is 1. The molecule has 1 saturated carbocycles. The Bertz CT molecular complexity index is 1060. The molecule has 2 aromatic rings. The maximum absolute atomic E-state index is 13.2. The van der Waals surface area contributed by atoms with Gasteiger partial charge >= 0.3 is 5.97 Å². The largest absolute Gasteiger partial charge is 0.480 e. The summed E-state index contributed by atoms with van der Waals surface area (Å²) in [4.78, 5) is 17.4. The first-order chi connectivity index (χ1) is 18.9. The molecule has 0 bridgehead atoms. The second-order valence-electron chi connectivity index (χ2n) is 12.7. The van der Waals surface area contributed by atoms with E-state index in [2.05, 4.69) is 41.0 Å². The number of nitrogens with zero attached hydrogens (tertiary/aromatic N) is 2. The van der Waals surface area contributed by atoms with Crippen LogP contribution in [0.5, 0.6) is 0 Å². The van der Waals surface area contributed by atoms with E-state index in [1.165, 1.54) is 68.1 Å². The van der Waals surface area contributed by atoms with Gasteiger partial charge < -0.3 is 10.0 Å². The molecule has 3 aliphatic rings. The fourth-order valence-corrected chi connectivity index (χ4v) is 7.63. The van der Waals surface area contributed by atoms with Crippen molar-refractivity contribution in [1.29, 1.82) is 0 Å². The third-order valence-electron chi connectivity index (χ3n) is 9.89. The Morgan fingerprint density at radius 1 is 1.00 bits per heavy atom. The predicted octanol–water partition coefficient (Wildman–Crippen LogP) is 6.92. The lowest BCUT2D eigenvalue weighted by atomic mass is 9.86. The minimum absolute atomic E-state index is 0.159. The highest BCUT2D eigenvalue weighted by Gasteiger charge is 2.41. The zero-order chi connectivity index (χ0) is 27.2. The van der Waals surface area contributed by atoms with Crippen LogP contribution < -0.4 is 0 Å². The van der Waals surface area contributed by atoms with Crippen molar-refractivity contribution in [3.05, 3.63) is 71.0 Å². The molecular formula is C34H47FN2O2. The van der Waals surface area contributed by atoms with Gasteiger partial charge in [-0.25, -0.2) is 4.39 Å². The summed E-state index contributed by atoms with van der Waals surface area (Å²) < 4.78 is 13.2. The summed E-state index contributed by atoms with van der Waals surface area (Å²) in [5.41, 5.74) is 3.89. The molecule has 3 fully saturated rings. The van der Waals surface area contributed by atoms with Crippen molar-refractivity contribution in [1.82, 2.24) is 9.80 Å². The molecule has 0 aromatic heterocycles. The molecule has 3 atom stereocenters. The molecule has 2 saturated heterocycles. The van der Waals surface area contributed by atoms with Crippen LogP contribution in [0.1, 0.15) is 80.4 Å². The number of hydrogen-bond acceptors (Lipinski definition) is 3. The number of rotatable bonds is 11. The molecule has 1 aliphatic carbocycles. The summed E-state index contributed by atoms with van der Waals surface area (Å²) >= 11 is 0. The molecule has 5 heteroatoms. The number of carbonyl (C=O) groups is 1. The van der Waals surface area contributed by atoms with Gasteiger partial charge in [0.05, 0.1) is 0 Å². The Morgan fingerprint density at radius 3 is 2.44 bits per heavy atom. The molecule has 2 aliphatic heterocycles. The van der Waals surface area contributed by atoms with Crippen molar-refractivity contribution in [2.24, 2.45) is 17.8 Å². The van der Waals surface area contributed by atoms with Crippen molar-refractivity contribution in [3.63, 3.8) is 0 Å². The summed E-state index contributed by atoms with van der Waals surface area (Å²) in [5, 5.41) is 10.2. The van der Waals surface area contributed by atoms with Gasteiger partial charge in [0, 0.05) is 25.6 Å². The van der Waals surface area contributed by atoms with Crippen molar-refractivity contribution in [2.75, 3.05) is 32.7 Å². The van der Waals surface area contributed by atoms with Crippen LogP contribution in [0, 0.1) is 30.5 Å². The van der Waals surface area contributed by atoms with Crippen LogP contribution in [0.3, 0.4) is 0 Å². The average molecular weight is 535 g/mol. The predicted molar refractivity (Wildman–Crippen MR) is 155 cm³/mol. The van der Waals surface area contributed by atoms with Crippen LogP contribution >= 0.6 is 0 Å². The molecule has 212 valence electrons. The van der Waals surface area contributed by atoms with E-state index >= 15 is 0 Å². The average Bonchev–Trinajstić information content (AvgIpc) is 3.59. The summed E-state index contributed by atoms with van der Waals surface area (Å²) in [6, 6.07) is 15.5. The molecule has 0 amide bonds.